The van der Waals surface area contributed by atoms with Gasteiger partial charge in [0.05, 0.1) is 0 Å². The number of thiol groups is 1. The molecule has 38 heavy (non-hydrogen) atoms. The van der Waals surface area contributed by atoms with Gasteiger partial charge in [-0.2, -0.15) is 0 Å². The Labute approximate surface area is 234 Å². The van der Waals surface area contributed by atoms with Crippen LogP contribution in [0.3, 0.4) is 0 Å². The predicted octanol–water partition coefficient (Wildman–Crippen LogP) is 2.97. The maximum atomic E-state index is 12.8. The fourth-order valence-corrected chi connectivity index (χ4v) is 9.92. The molecule has 0 heterocycles. The number of rotatable bonds is 9. The summed E-state index contributed by atoms with van der Waals surface area (Å²) in [6.45, 7) is -0.713. The van der Waals surface area contributed by atoms with E-state index in [-0.39, 0.29) is 10.8 Å². The van der Waals surface area contributed by atoms with Gasteiger partial charge in [-0.05, 0) is 0 Å². The molecule has 0 aromatic heterocycles. The van der Waals surface area contributed by atoms with E-state index in [1.165, 1.54) is 6.07 Å². The van der Waals surface area contributed by atoms with Crippen LogP contribution < -0.4 is 26.0 Å². The third kappa shape index (κ3) is 6.35. The zero-order chi connectivity index (χ0) is 27.3. The van der Waals surface area contributed by atoms with Crippen molar-refractivity contribution in [2.24, 2.45) is 0 Å². The molecule has 3 N–H and O–H groups in total. The second-order valence-electron chi connectivity index (χ2n) is 8.21. The monoisotopic (exact) mass is 630 g/mol. The van der Waals surface area contributed by atoms with Crippen LogP contribution in [0.2, 0.25) is 0 Å². The van der Waals surface area contributed by atoms with Gasteiger partial charge in [-0.1, -0.05) is 0 Å². The third-order valence-electron chi connectivity index (χ3n) is 5.64. The molecular formula is C27H23N2O5PS2Se. The molecule has 4 aromatic carbocycles. The van der Waals surface area contributed by atoms with Gasteiger partial charge in [-0.25, -0.2) is 0 Å². The molecule has 1 unspecified atom stereocenters. The van der Waals surface area contributed by atoms with Crippen molar-refractivity contribution in [1.82, 2.24) is 4.72 Å². The van der Waals surface area contributed by atoms with E-state index in [9.17, 15) is 18.0 Å². The number of benzene rings is 4. The molecular weight excluding hydrogens is 606 g/mol. The molecule has 0 bridgehead atoms. The minimum absolute atomic E-state index is 0.0251. The normalized spacial score (nSPS) is 12.9. The predicted molar refractivity (Wildman–Crippen MR) is 155 cm³/mol. The van der Waals surface area contributed by atoms with Gasteiger partial charge < -0.3 is 0 Å². The van der Waals surface area contributed by atoms with Gasteiger partial charge in [0, 0.05) is 0 Å². The Balaban J connectivity index is 1.71. The number of amides is 1. The Morgan fingerprint density at radius 1 is 0.816 bits per heavy atom. The fourth-order valence-electron chi connectivity index (χ4n) is 3.74. The summed E-state index contributed by atoms with van der Waals surface area (Å²) in [6.07, 6.45) is 0. The topological polar surface area (TPSA) is 113 Å². The first-order valence-electron chi connectivity index (χ1n) is 11.3. The van der Waals surface area contributed by atoms with Crippen LogP contribution in [0.15, 0.2) is 113 Å². The SMILES string of the molecule is O=C(O)CNS(=O)(=O)c1cccc(P(=[Se])(c2ccccc2)c2ccc(NC(=O)c3ccc(S)cc3)cc2)c1. The Bertz CT molecular complexity index is 1630. The Hall–Kier alpha value is -2.97. The molecule has 1 atom stereocenters. The zero-order valence-corrected chi connectivity index (χ0v) is 24.1. The summed E-state index contributed by atoms with van der Waals surface area (Å²) in [6, 6.07) is 30.5. The first-order chi connectivity index (χ1) is 18.1. The Morgan fingerprint density at radius 2 is 1.42 bits per heavy atom. The van der Waals surface area contributed by atoms with Crippen molar-refractivity contribution in [3.05, 3.63) is 109 Å². The fraction of sp³-hybridized carbons (Fsp3) is 0.0370. The summed E-state index contributed by atoms with van der Waals surface area (Å²) in [7, 11) is -4.03. The van der Waals surface area contributed by atoms with Crippen LogP contribution in [0.1, 0.15) is 10.4 Å². The van der Waals surface area contributed by atoms with E-state index in [1.54, 1.807) is 36.4 Å². The quantitative estimate of drug-likeness (QED) is 0.129. The Morgan fingerprint density at radius 3 is 2.05 bits per heavy atom. The standard InChI is InChI=1S/C27H23N2O5PS2Se/c30-26(31)18-28-37(33,34)25-8-4-7-23(17-25)35(38,21-5-2-1-3-6-21)22-13-11-20(12-14-22)29-27(32)19-9-15-24(36)16-10-19/h1-17,28,36H,18H2,(H,29,32)(H,30,31). The van der Waals surface area contributed by atoms with Crippen molar-refractivity contribution in [3.8, 4) is 0 Å². The van der Waals surface area contributed by atoms with E-state index in [2.05, 4.69) is 37.8 Å². The summed E-state index contributed by atoms with van der Waals surface area (Å²) in [4.78, 5) is 24.3. The van der Waals surface area contributed by atoms with Gasteiger partial charge in [0.15, 0.2) is 0 Å². The second-order valence-corrected chi connectivity index (χ2v) is 16.7. The van der Waals surface area contributed by atoms with E-state index in [0.717, 1.165) is 20.8 Å². The molecule has 0 saturated carbocycles. The van der Waals surface area contributed by atoms with E-state index in [1.807, 2.05) is 60.7 Å². The summed E-state index contributed by atoms with van der Waals surface area (Å²) < 4.78 is 27.6. The number of hydrogen-bond donors (Lipinski definition) is 4. The number of anilines is 1. The van der Waals surface area contributed by atoms with Crippen molar-refractivity contribution in [3.63, 3.8) is 0 Å². The van der Waals surface area contributed by atoms with E-state index in [4.69, 9.17) is 5.11 Å². The van der Waals surface area contributed by atoms with Crippen molar-refractivity contribution in [2.45, 2.75) is 9.79 Å². The van der Waals surface area contributed by atoms with Crippen LogP contribution in [-0.2, 0) is 14.8 Å². The summed E-state index contributed by atoms with van der Waals surface area (Å²) >= 11 is 7.61. The average Bonchev–Trinajstić information content (AvgIpc) is 2.93. The molecule has 194 valence electrons. The van der Waals surface area contributed by atoms with Gasteiger partial charge in [0.2, 0.25) is 0 Å². The molecule has 0 aliphatic heterocycles. The molecule has 4 aromatic rings. The summed E-state index contributed by atoms with van der Waals surface area (Å²) in [5, 5.41) is 14.5. The van der Waals surface area contributed by atoms with Crippen LogP contribution in [0.4, 0.5) is 5.69 Å². The third-order valence-corrected chi connectivity index (χ3v) is 14.4. The number of carbonyl (C=O) groups excluding carboxylic acids is 1. The molecule has 0 fully saturated rings. The minimum atomic E-state index is -4.03. The molecule has 11 heteroatoms. The van der Waals surface area contributed by atoms with Gasteiger partial charge in [-0.3, -0.25) is 0 Å². The van der Waals surface area contributed by atoms with Gasteiger partial charge in [0.1, 0.15) is 0 Å². The molecule has 0 aliphatic rings. The number of aliphatic carboxylic acids is 1. The van der Waals surface area contributed by atoms with E-state index in [0.29, 0.717) is 11.3 Å². The average molecular weight is 630 g/mol. The van der Waals surface area contributed by atoms with Crippen LogP contribution in [0, 0.1) is 0 Å². The molecule has 0 spiro atoms. The summed E-state index contributed by atoms with van der Waals surface area (Å²) in [5.41, 5.74) is -1.31. The number of carboxylic acid groups (broad SMARTS) is 1. The zero-order valence-electron chi connectivity index (χ0n) is 19.8. The molecule has 1 amide bonds. The Kier molecular flexibility index (Phi) is 8.73. The number of carbonyl (C=O) groups is 2. The van der Waals surface area contributed by atoms with Crippen molar-refractivity contribution < 1.29 is 23.1 Å². The van der Waals surface area contributed by atoms with E-state index < -0.39 is 28.0 Å². The molecule has 0 radical (unpaired) electrons. The number of carboxylic acids is 1. The van der Waals surface area contributed by atoms with Crippen molar-refractivity contribution in [2.75, 3.05) is 11.9 Å². The van der Waals surface area contributed by atoms with E-state index >= 15 is 0 Å². The van der Waals surface area contributed by atoms with Crippen LogP contribution >= 0.6 is 18.1 Å². The number of sulfonamides is 1. The molecule has 0 aliphatic carbocycles. The van der Waals surface area contributed by atoms with Crippen molar-refractivity contribution in [1.29, 1.82) is 0 Å². The van der Waals surface area contributed by atoms with Crippen LogP contribution in [-0.4, -0.2) is 47.0 Å². The van der Waals surface area contributed by atoms with Gasteiger partial charge in [0.25, 0.3) is 0 Å². The second kappa shape index (κ2) is 11.8. The van der Waals surface area contributed by atoms with Crippen LogP contribution in [0.5, 0.6) is 0 Å². The van der Waals surface area contributed by atoms with Crippen LogP contribution in [0.25, 0.3) is 0 Å². The summed E-state index contributed by atoms with van der Waals surface area (Å²) in [5.74, 6) is -1.52. The van der Waals surface area contributed by atoms with Gasteiger partial charge >= 0.3 is 235 Å². The van der Waals surface area contributed by atoms with Gasteiger partial charge in [-0.15, -0.1) is 0 Å². The molecule has 4 rings (SSSR count). The first-order valence-corrected chi connectivity index (χ1v) is 17.2. The molecule has 7 nitrogen and oxygen atoms in total. The first kappa shape index (κ1) is 28.0. The number of nitrogens with one attached hydrogen (secondary N) is 2. The van der Waals surface area contributed by atoms with Crippen molar-refractivity contribution >= 4 is 76.7 Å². The maximum absolute atomic E-state index is 12.8. The molecule has 0 saturated heterocycles. The number of hydrogen-bond acceptors (Lipinski definition) is 5.